The molecule has 0 saturated heterocycles. The molecule has 0 unspecified atom stereocenters. The van der Waals surface area contributed by atoms with E-state index in [4.69, 9.17) is 9.47 Å². The molecule has 1 aliphatic carbocycles. The van der Waals surface area contributed by atoms with Gasteiger partial charge >= 0.3 is 0 Å². The molecule has 0 aromatic heterocycles. The zero-order valence-corrected chi connectivity index (χ0v) is 23.8. The van der Waals surface area contributed by atoms with Crippen LogP contribution >= 0.6 is 0 Å². The summed E-state index contributed by atoms with van der Waals surface area (Å²) in [4.78, 5) is 0. The Kier molecular flexibility index (Phi) is 9.95. The number of hydrogen-bond donors (Lipinski definition) is 0. The lowest BCUT2D eigenvalue weighted by atomic mass is 9.69. The Labute approximate surface area is 225 Å². The minimum atomic E-state index is 0.0445. The number of fused-ring (bicyclic) bond motifs is 5. The molecule has 0 aliphatic heterocycles. The SMILES string of the molecule is CCCCCCCCC1(CCCCCCCC)c2cc(OC)ccc2-c2ccc3cc(OC)ccc3c21. The Balaban J connectivity index is 1.76. The highest BCUT2D eigenvalue weighted by Gasteiger charge is 2.43. The normalized spacial score (nSPS) is 13.5. The fraction of sp³-hybridized carbons (Fsp3) is 0.543. The molecular weight excluding hydrogens is 452 g/mol. The van der Waals surface area contributed by atoms with Gasteiger partial charge in [0.25, 0.3) is 0 Å². The first-order valence-electron chi connectivity index (χ1n) is 15.0. The van der Waals surface area contributed by atoms with E-state index in [9.17, 15) is 0 Å². The molecule has 0 amide bonds. The van der Waals surface area contributed by atoms with Crippen LogP contribution in [-0.4, -0.2) is 14.2 Å². The summed E-state index contributed by atoms with van der Waals surface area (Å²) >= 11 is 0. The number of hydrogen-bond acceptors (Lipinski definition) is 2. The van der Waals surface area contributed by atoms with E-state index in [1.807, 2.05) is 0 Å². The minimum Gasteiger partial charge on any atom is -0.497 e. The van der Waals surface area contributed by atoms with Gasteiger partial charge in [-0.15, -0.1) is 0 Å². The van der Waals surface area contributed by atoms with Gasteiger partial charge in [-0.05, 0) is 70.1 Å². The van der Waals surface area contributed by atoms with E-state index < -0.39 is 0 Å². The number of methoxy groups -OCH3 is 2. The van der Waals surface area contributed by atoms with Crippen LogP contribution in [-0.2, 0) is 5.41 Å². The molecule has 3 aromatic carbocycles. The third-order valence-corrected chi connectivity index (χ3v) is 8.65. The Morgan fingerprint density at radius 2 is 1.11 bits per heavy atom. The Hall–Kier alpha value is -2.48. The summed E-state index contributed by atoms with van der Waals surface area (Å²) in [6.45, 7) is 4.60. The number of rotatable bonds is 16. The van der Waals surface area contributed by atoms with Crippen LogP contribution in [0.25, 0.3) is 21.9 Å². The van der Waals surface area contributed by atoms with Gasteiger partial charge in [0.05, 0.1) is 14.2 Å². The second kappa shape index (κ2) is 13.4. The largest absolute Gasteiger partial charge is 0.497 e. The van der Waals surface area contributed by atoms with Crippen LogP contribution in [0.1, 0.15) is 115 Å². The van der Waals surface area contributed by atoms with E-state index in [1.165, 1.54) is 117 Å². The maximum Gasteiger partial charge on any atom is 0.119 e. The molecule has 0 saturated carbocycles. The van der Waals surface area contributed by atoms with Gasteiger partial charge in [0.2, 0.25) is 0 Å². The average molecular weight is 501 g/mol. The van der Waals surface area contributed by atoms with Crippen molar-refractivity contribution in [1.29, 1.82) is 0 Å². The van der Waals surface area contributed by atoms with Crippen LogP contribution < -0.4 is 9.47 Å². The van der Waals surface area contributed by atoms with Gasteiger partial charge in [0.15, 0.2) is 0 Å². The van der Waals surface area contributed by atoms with Gasteiger partial charge in [-0.25, -0.2) is 0 Å². The highest BCUT2D eigenvalue weighted by atomic mass is 16.5. The summed E-state index contributed by atoms with van der Waals surface area (Å²) in [5.74, 6) is 1.91. The molecule has 0 bridgehead atoms. The smallest absolute Gasteiger partial charge is 0.119 e. The third kappa shape index (κ3) is 6.00. The van der Waals surface area contributed by atoms with E-state index in [2.05, 4.69) is 62.4 Å². The molecule has 0 radical (unpaired) electrons. The lowest BCUT2D eigenvalue weighted by molar-refractivity contribution is 0.392. The number of unbranched alkanes of at least 4 members (excludes halogenated alkanes) is 10. The van der Waals surface area contributed by atoms with Crippen LogP contribution in [0.2, 0.25) is 0 Å². The Bertz CT molecular complexity index is 1130. The molecule has 2 nitrogen and oxygen atoms in total. The summed E-state index contributed by atoms with van der Waals surface area (Å²) < 4.78 is 11.4. The molecule has 200 valence electrons. The van der Waals surface area contributed by atoms with Crippen molar-refractivity contribution in [1.82, 2.24) is 0 Å². The molecule has 0 heterocycles. The van der Waals surface area contributed by atoms with Crippen molar-refractivity contribution in [2.75, 3.05) is 14.2 Å². The lowest BCUT2D eigenvalue weighted by Gasteiger charge is -2.34. The van der Waals surface area contributed by atoms with Crippen molar-refractivity contribution in [3.8, 4) is 22.6 Å². The molecule has 0 N–H and O–H groups in total. The summed E-state index contributed by atoms with van der Waals surface area (Å²) in [5, 5.41) is 2.68. The van der Waals surface area contributed by atoms with Crippen LogP contribution in [0.4, 0.5) is 0 Å². The summed E-state index contributed by atoms with van der Waals surface area (Å²) in [7, 11) is 3.56. The number of benzene rings is 3. The van der Waals surface area contributed by atoms with Crippen molar-refractivity contribution in [2.45, 2.75) is 109 Å². The lowest BCUT2D eigenvalue weighted by Crippen LogP contribution is -2.26. The Morgan fingerprint density at radius 1 is 0.568 bits per heavy atom. The molecule has 0 atom stereocenters. The predicted molar refractivity (Wildman–Crippen MR) is 159 cm³/mol. The van der Waals surface area contributed by atoms with E-state index in [0.717, 1.165) is 11.5 Å². The van der Waals surface area contributed by atoms with Gasteiger partial charge in [-0.3, -0.25) is 0 Å². The molecular formula is C35H48O2. The highest BCUT2D eigenvalue weighted by Crippen LogP contribution is 2.57. The second-order valence-corrected chi connectivity index (χ2v) is 11.1. The summed E-state index contributed by atoms with van der Waals surface area (Å²) in [5.41, 5.74) is 5.92. The fourth-order valence-electron chi connectivity index (χ4n) is 6.65. The van der Waals surface area contributed by atoms with Crippen molar-refractivity contribution in [2.24, 2.45) is 0 Å². The van der Waals surface area contributed by atoms with E-state index in [-0.39, 0.29) is 5.41 Å². The van der Waals surface area contributed by atoms with Crippen LogP contribution in [0, 0.1) is 0 Å². The minimum absolute atomic E-state index is 0.0445. The maximum absolute atomic E-state index is 5.77. The molecule has 37 heavy (non-hydrogen) atoms. The van der Waals surface area contributed by atoms with Crippen molar-refractivity contribution < 1.29 is 9.47 Å². The van der Waals surface area contributed by atoms with Gasteiger partial charge in [0, 0.05) is 5.41 Å². The highest BCUT2D eigenvalue weighted by molar-refractivity contribution is 5.98. The second-order valence-electron chi connectivity index (χ2n) is 11.1. The quantitative estimate of drug-likeness (QED) is 0.182. The average Bonchev–Trinajstić information content (AvgIpc) is 3.21. The third-order valence-electron chi connectivity index (χ3n) is 8.65. The molecule has 2 heteroatoms. The van der Waals surface area contributed by atoms with E-state index in [1.54, 1.807) is 19.8 Å². The molecule has 1 aliphatic rings. The number of ether oxygens (including phenoxy) is 2. The van der Waals surface area contributed by atoms with Gasteiger partial charge < -0.3 is 9.47 Å². The van der Waals surface area contributed by atoms with E-state index in [0.29, 0.717) is 0 Å². The standard InChI is InChI=1S/C35H48O2/c1-5-7-9-11-13-15-23-35(24-16-14-12-10-8-6-2)33-26-29(37-4)19-22-31(33)32-20-17-27-25-28(36-3)18-21-30(27)34(32)35/h17-22,25-26H,5-16,23-24H2,1-4H3. The van der Waals surface area contributed by atoms with Crippen LogP contribution in [0.15, 0.2) is 48.5 Å². The molecule has 3 aromatic rings. The van der Waals surface area contributed by atoms with Gasteiger partial charge in [0.1, 0.15) is 11.5 Å². The first-order chi connectivity index (χ1) is 18.2. The zero-order valence-electron chi connectivity index (χ0n) is 23.8. The first kappa shape index (κ1) is 27.6. The van der Waals surface area contributed by atoms with Gasteiger partial charge in [-0.1, -0.05) is 115 Å². The fourth-order valence-corrected chi connectivity index (χ4v) is 6.65. The topological polar surface area (TPSA) is 18.5 Å². The predicted octanol–water partition coefficient (Wildman–Crippen LogP) is 10.6. The van der Waals surface area contributed by atoms with Crippen molar-refractivity contribution in [3.63, 3.8) is 0 Å². The Morgan fingerprint density at radius 3 is 1.73 bits per heavy atom. The van der Waals surface area contributed by atoms with Crippen molar-refractivity contribution >= 4 is 10.8 Å². The van der Waals surface area contributed by atoms with E-state index >= 15 is 0 Å². The molecule has 4 rings (SSSR count). The maximum atomic E-state index is 5.77. The first-order valence-corrected chi connectivity index (χ1v) is 15.0. The van der Waals surface area contributed by atoms with Crippen molar-refractivity contribution in [3.05, 3.63) is 59.7 Å². The molecule has 0 spiro atoms. The molecule has 0 fully saturated rings. The monoisotopic (exact) mass is 500 g/mol. The zero-order chi connectivity index (χ0) is 26.1. The summed E-state index contributed by atoms with van der Waals surface area (Å²) in [6, 6.07) is 18.1. The van der Waals surface area contributed by atoms with Crippen LogP contribution in [0.5, 0.6) is 11.5 Å². The van der Waals surface area contributed by atoms with Gasteiger partial charge in [-0.2, -0.15) is 0 Å². The summed E-state index contributed by atoms with van der Waals surface area (Å²) in [6.07, 6.45) is 18.4. The van der Waals surface area contributed by atoms with Crippen LogP contribution in [0.3, 0.4) is 0 Å².